The highest BCUT2D eigenvalue weighted by atomic mass is 16.3. The molecule has 2 atom stereocenters. The normalized spacial score (nSPS) is 22.1. The van der Waals surface area contributed by atoms with Crippen LogP contribution < -0.4 is 5.32 Å². The van der Waals surface area contributed by atoms with E-state index in [1.807, 2.05) is 0 Å². The lowest BCUT2D eigenvalue weighted by molar-refractivity contribution is -0.120. The van der Waals surface area contributed by atoms with E-state index in [2.05, 4.69) is 15.3 Å². The van der Waals surface area contributed by atoms with E-state index in [1.54, 1.807) is 24.9 Å². The molecule has 7 heteroatoms. The summed E-state index contributed by atoms with van der Waals surface area (Å²) in [4.78, 5) is 33.7. The Hall–Kier alpha value is -2.02. The van der Waals surface area contributed by atoms with Crippen molar-refractivity contribution < 1.29 is 14.7 Å². The number of hydrogen-bond acceptors (Lipinski definition) is 5. The second kappa shape index (κ2) is 6.83. The molecular weight excluding hydrogens is 284 g/mol. The predicted molar refractivity (Wildman–Crippen MR) is 80.3 cm³/mol. The Bertz CT molecular complexity index is 576. The molecule has 0 aliphatic carbocycles. The van der Waals surface area contributed by atoms with Crippen LogP contribution in [-0.2, 0) is 4.79 Å². The molecular formula is C15H22N4O3. The number of amides is 2. The second-order valence-electron chi connectivity index (χ2n) is 5.66. The third-order valence-corrected chi connectivity index (χ3v) is 3.88. The summed E-state index contributed by atoms with van der Waals surface area (Å²) in [5.74, 6) is 0.325. The van der Waals surface area contributed by atoms with Crippen LogP contribution >= 0.6 is 0 Å². The fraction of sp³-hybridized carbons (Fsp3) is 0.600. The molecule has 2 rings (SSSR count). The molecule has 0 aromatic carbocycles. The van der Waals surface area contributed by atoms with Crippen molar-refractivity contribution in [2.75, 3.05) is 13.1 Å². The van der Waals surface area contributed by atoms with Crippen molar-refractivity contribution in [2.45, 2.75) is 45.8 Å². The lowest BCUT2D eigenvalue weighted by Gasteiger charge is -2.21. The van der Waals surface area contributed by atoms with Crippen LogP contribution in [0.2, 0.25) is 0 Å². The van der Waals surface area contributed by atoms with Gasteiger partial charge in [0.15, 0.2) is 0 Å². The summed E-state index contributed by atoms with van der Waals surface area (Å²) in [6, 6.07) is -0.314. The van der Waals surface area contributed by atoms with Gasteiger partial charge in [-0.25, -0.2) is 9.97 Å². The number of nitrogens with one attached hydrogen (secondary N) is 1. The van der Waals surface area contributed by atoms with Gasteiger partial charge >= 0.3 is 0 Å². The van der Waals surface area contributed by atoms with Crippen molar-refractivity contribution in [1.82, 2.24) is 20.2 Å². The molecule has 22 heavy (non-hydrogen) atoms. The van der Waals surface area contributed by atoms with Gasteiger partial charge in [0.1, 0.15) is 5.82 Å². The minimum atomic E-state index is -0.642. The minimum Gasteiger partial charge on any atom is -0.391 e. The number of aryl methyl sites for hydroxylation is 2. The summed E-state index contributed by atoms with van der Waals surface area (Å²) < 4.78 is 0. The van der Waals surface area contributed by atoms with Crippen LogP contribution in [0.25, 0.3) is 0 Å². The predicted octanol–water partition coefficient (Wildman–Crippen LogP) is 0.195. The van der Waals surface area contributed by atoms with Gasteiger partial charge in [-0.3, -0.25) is 9.59 Å². The molecule has 0 unspecified atom stereocenters. The van der Waals surface area contributed by atoms with Crippen molar-refractivity contribution >= 4 is 11.8 Å². The van der Waals surface area contributed by atoms with E-state index in [9.17, 15) is 14.7 Å². The zero-order valence-corrected chi connectivity index (χ0v) is 13.2. The average Bonchev–Trinajstić information content (AvgIpc) is 2.61. The number of aliphatic hydroxyl groups is 1. The van der Waals surface area contributed by atoms with Crippen LogP contribution in [0, 0.1) is 13.8 Å². The standard InChI is InChI=1S/C15H22N4O3/c1-9-12(8-16-10(2)17-9)15(22)19-6-4-13(18-11(3)20)14(21)5-7-19/h8,13-14,21H,4-7H2,1-3H3,(H,18,20)/t13-,14-/m0/s1. The number of carbonyl (C=O) groups excluding carboxylic acids is 2. The highest BCUT2D eigenvalue weighted by Crippen LogP contribution is 2.16. The largest absolute Gasteiger partial charge is 0.391 e. The number of aromatic nitrogens is 2. The van der Waals surface area contributed by atoms with Crippen molar-refractivity contribution in [1.29, 1.82) is 0 Å². The molecule has 1 aliphatic rings. The maximum atomic E-state index is 12.6. The Morgan fingerprint density at radius 2 is 2.00 bits per heavy atom. The molecule has 1 saturated heterocycles. The lowest BCUT2D eigenvalue weighted by atomic mass is 10.1. The number of likely N-dealkylation sites (tertiary alicyclic amines) is 1. The first-order chi connectivity index (χ1) is 10.4. The van der Waals surface area contributed by atoms with Crippen LogP contribution in [0.4, 0.5) is 0 Å². The first-order valence-electron chi connectivity index (χ1n) is 7.43. The van der Waals surface area contributed by atoms with E-state index < -0.39 is 6.10 Å². The Morgan fingerprint density at radius 3 is 2.64 bits per heavy atom. The van der Waals surface area contributed by atoms with Crippen molar-refractivity contribution in [3.63, 3.8) is 0 Å². The SMILES string of the molecule is CC(=O)N[C@H]1CCN(C(=O)c2cnc(C)nc2C)CC[C@@H]1O. The van der Waals surface area contributed by atoms with Gasteiger partial charge < -0.3 is 15.3 Å². The summed E-state index contributed by atoms with van der Waals surface area (Å²) in [6.07, 6.45) is 1.87. The van der Waals surface area contributed by atoms with E-state index in [-0.39, 0.29) is 17.9 Å². The Kier molecular flexibility index (Phi) is 5.07. The summed E-state index contributed by atoms with van der Waals surface area (Å²) in [6.45, 7) is 5.92. The molecule has 0 radical (unpaired) electrons. The molecule has 0 saturated carbocycles. The lowest BCUT2D eigenvalue weighted by Crippen LogP contribution is -2.42. The number of rotatable bonds is 2. The van der Waals surface area contributed by atoms with Gasteiger partial charge in [0.2, 0.25) is 5.91 Å². The molecule has 2 amide bonds. The van der Waals surface area contributed by atoms with Crippen LogP contribution in [0.15, 0.2) is 6.20 Å². The van der Waals surface area contributed by atoms with Gasteiger partial charge in [0, 0.05) is 26.2 Å². The Balaban J connectivity index is 2.09. The highest BCUT2D eigenvalue weighted by Gasteiger charge is 2.28. The van der Waals surface area contributed by atoms with Crippen LogP contribution in [0.1, 0.15) is 41.6 Å². The van der Waals surface area contributed by atoms with E-state index in [1.165, 1.54) is 6.92 Å². The monoisotopic (exact) mass is 306 g/mol. The molecule has 2 N–H and O–H groups in total. The second-order valence-corrected chi connectivity index (χ2v) is 5.66. The molecule has 2 heterocycles. The molecule has 0 bridgehead atoms. The van der Waals surface area contributed by atoms with Crippen LogP contribution in [0.5, 0.6) is 0 Å². The fourth-order valence-electron chi connectivity index (χ4n) is 2.68. The van der Waals surface area contributed by atoms with E-state index in [0.29, 0.717) is 43.0 Å². The van der Waals surface area contributed by atoms with Gasteiger partial charge in [-0.15, -0.1) is 0 Å². The molecule has 7 nitrogen and oxygen atoms in total. The maximum Gasteiger partial charge on any atom is 0.257 e. The Morgan fingerprint density at radius 1 is 1.32 bits per heavy atom. The molecule has 1 aliphatic heterocycles. The van der Waals surface area contributed by atoms with Gasteiger partial charge in [0.05, 0.1) is 23.4 Å². The molecule has 0 spiro atoms. The Labute approximate surface area is 129 Å². The van der Waals surface area contributed by atoms with Crippen molar-refractivity contribution in [3.8, 4) is 0 Å². The van der Waals surface area contributed by atoms with Crippen LogP contribution in [0.3, 0.4) is 0 Å². The highest BCUT2D eigenvalue weighted by molar-refractivity contribution is 5.95. The zero-order valence-electron chi connectivity index (χ0n) is 13.2. The smallest absolute Gasteiger partial charge is 0.257 e. The van der Waals surface area contributed by atoms with Gasteiger partial charge in [-0.05, 0) is 26.7 Å². The number of nitrogens with zero attached hydrogens (tertiary/aromatic N) is 3. The summed E-state index contributed by atoms with van der Waals surface area (Å²) in [7, 11) is 0. The minimum absolute atomic E-state index is 0.131. The molecule has 1 aromatic heterocycles. The maximum absolute atomic E-state index is 12.6. The number of hydrogen-bond donors (Lipinski definition) is 2. The quantitative estimate of drug-likeness (QED) is 0.813. The van der Waals surface area contributed by atoms with Crippen LogP contribution in [-0.4, -0.2) is 57.0 Å². The van der Waals surface area contributed by atoms with Crippen molar-refractivity contribution in [2.24, 2.45) is 0 Å². The summed E-state index contributed by atoms with van der Waals surface area (Å²) in [5, 5.41) is 12.8. The zero-order chi connectivity index (χ0) is 16.3. The van der Waals surface area contributed by atoms with E-state index in [4.69, 9.17) is 0 Å². The first kappa shape index (κ1) is 16.4. The molecule has 1 fully saturated rings. The first-order valence-corrected chi connectivity index (χ1v) is 7.43. The fourth-order valence-corrected chi connectivity index (χ4v) is 2.68. The summed E-state index contributed by atoms with van der Waals surface area (Å²) >= 11 is 0. The molecule has 1 aromatic rings. The number of aliphatic hydroxyl groups excluding tert-OH is 1. The average molecular weight is 306 g/mol. The third kappa shape index (κ3) is 3.79. The van der Waals surface area contributed by atoms with Gasteiger partial charge in [0.25, 0.3) is 5.91 Å². The number of carbonyl (C=O) groups is 2. The summed E-state index contributed by atoms with van der Waals surface area (Å²) in [5.41, 5.74) is 1.14. The molecule has 120 valence electrons. The van der Waals surface area contributed by atoms with E-state index in [0.717, 1.165) is 0 Å². The third-order valence-electron chi connectivity index (χ3n) is 3.88. The van der Waals surface area contributed by atoms with Gasteiger partial charge in [-0.2, -0.15) is 0 Å². The topological polar surface area (TPSA) is 95.4 Å². The van der Waals surface area contributed by atoms with Crippen molar-refractivity contribution in [3.05, 3.63) is 23.3 Å². The van der Waals surface area contributed by atoms with E-state index >= 15 is 0 Å². The van der Waals surface area contributed by atoms with Gasteiger partial charge in [-0.1, -0.05) is 0 Å².